The molecule has 0 bridgehead atoms. The Morgan fingerprint density at radius 3 is 3.00 bits per heavy atom. The first-order chi connectivity index (χ1) is 9.02. The molecule has 0 aromatic carbocycles. The van der Waals surface area contributed by atoms with Gasteiger partial charge >= 0.3 is 0 Å². The van der Waals surface area contributed by atoms with Gasteiger partial charge in [-0.3, -0.25) is 9.48 Å². The van der Waals surface area contributed by atoms with Gasteiger partial charge in [-0.15, -0.1) is 0 Å². The number of thiocarbonyl (C=S) groups is 1. The molecule has 19 heavy (non-hydrogen) atoms. The SMILES string of the molecule is CCc1cc(C(=O)N2CCOC(C(N)=S)C2)n(C)n1. The molecule has 6 nitrogen and oxygen atoms in total. The highest BCUT2D eigenvalue weighted by atomic mass is 32.1. The van der Waals surface area contributed by atoms with Crippen molar-refractivity contribution in [3.8, 4) is 0 Å². The van der Waals surface area contributed by atoms with Gasteiger partial charge in [-0.2, -0.15) is 5.10 Å². The van der Waals surface area contributed by atoms with Crippen molar-refractivity contribution < 1.29 is 9.53 Å². The van der Waals surface area contributed by atoms with Crippen LogP contribution in [0.15, 0.2) is 6.07 Å². The van der Waals surface area contributed by atoms with E-state index in [9.17, 15) is 4.79 Å². The van der Waals surface area contributed by atoms with Gasteiger partial charge in [0, 0.05) is 13.6 Å². The van der Waals surface area contributed by atoms with Crippen LogP contribution in [0.4, 0.5) is 0 Å². The summed E-state index contributed by atoms with van der Waals surface area (Å²) in [5.74, 6) is -0.0562. The molecule has 1 aromatic heterocycles. The minimum Gasteiger partial charge on any atom is -0.391 e. The summed E-state index contributed by atoms with van der Waals surface area (Å²) < 4.78 is 7.05. The monoisotopic (exact) mass is 282 g/mol. The minimum absolute atomic E-state index is 0.0562. The Morgan fingerprint density at radius 1 is 1.68 bits per heavy atom. The quantitative estimate of drug-likeness (QED) is 0.797. The third-order valence-electron chi connectivity index (χ3n) is 3.18. The minimum atomic E-state index is -0.355. The summed E-state index contributed by atoms with van der Waals surface area (Å²) >= 11 is 4.92. The van der Waals surface area contributed by atoms with Crippen molar-refractivity contribution in [2.75, 3.05) is 19.7 Å². The fourth-order valence-electron chi connectivity index (χ4n) is 2.07. The van der Waals surface area contributed by atoms with Gasteiger partial charge < -0.3 is 15.4 Å². The summed E-state index contributed by atoms with van der Waals surface area (Å²) in [6.45, 7) is 3.41. The van der Waals surface area contributed by atoms with E-state index in [0.717, 1.165) is 12.1 Å². The van der Waals surface area contributed by atoms with Gasteiger partial charge in [0.25, 0.3) is 5.91 Å². The van der Waals surface area contributed by atoms with Gasteiger partial charge in [0.2, 0.25) is 0 Å². The molecule has 1 aliphatic heterocycles. The van der Waals surface area contributed by atoms with Gasteiger partial charge in [0.1, 0.15) is 16.8 Å². The molecule has 1 fully saturated rings. The van der Waals surface area contributed by atoms with Crippen LogP contribution in [0, 0.1) is 0 Å². The molecular formula is C12H18N4O2S. The lowest BCUT2D eigenvalue weighted by atomic mass is 10.2. The predicted octanol–water partition coefficient (Wildman–Crippen LogP) is 0.110. The number of carbonyl (C=O) groups is 1. The van der Waals surface area contributed by atoms with E-state index in [1.54, 1.807) is 16.6 Å². The van der Waals surface area contributed by atoms with Crippen molar-refractivity contribution in [3.05, 3.63) is 17.5 Å². The normalized spacial score (nSPS) is 19.5. The van der Waals surface area contributed by atoms with Gasteiger partial charge in [0.15, 0.2) is 0 Å². The number of morpholine rings is 1. The zero-order valence-corrected chi connectivity index (χ0v) is 11.9. The molecule has 0 saturated carbocycles. The maximum absolute atomic E-state index is 12.4. The smallest absolute Gasteiger partial charge is 0.272 e. The molecule has 1 saturated heterocycles. The molecule has 1 aromatic rings. The van der Waals surface area contributed by atoms with Crippen LogP contribution in [0.25, 0.3) is 0 Å². The number of hydrogen-bond donors (Lipinski definition) is 1. The molecule has 104 valence electrons. The molecule has 0 radical (unpaired) electrons. The first-order valence-corrected chi connectivity index (χ1v) is 6.66. The van der Waals surface area contributed by atoms with Gasteiger partial charge in [0.05, 0.1) is 18.8 Å². The highest BCUT2D eigenvalue weighted by Gasteiger charge is 2.28. The van der Waals surface area contributed by atoms with Crippen molar-refractivity contribution in [1.29, 1.82) is 0 Å². The van der Waals surface area contributed by atoms with Crippen LogP contribution in [-0.4, -0.2) is 51.4 Å². The standard InChI is InChI=1S/C12H18N4O2S/c1-3-8-6-9(15(2)14-8)12(17)16-4-5-18-10(7-16)11(13)19/h6,10H,3-5,7H2,1-2H3,(H2,13,19). The van der Waals surface area contributed by atoms with Crippen LogP contribution in [0.5, 0.6) is 0 Å². The number of hydrogen-bond acceptors (Lipinski definition) is 4. The molecule has 2 N–H and O–H groups in total. The van der Waals surface area contributed by atoms with E-state index in [4.69, 9.17) is 22.7 Å². The zero-order valence-electron chi connectivity index (χ0n) is 11.1. The summed E-state index contributed by atoms with van der Waals surface area (Å²) in [4.78, 5) is 14.4. The molecule has 2 heterocycles. The highest BCUT2D eigenvalue weighted by molar-refractivity contribution is 7.80. The maximum atomic E-state index is 12.4. The average Bonchev–Trinajstić information content (AvgIpc) is 2.79. The molecule has 7 heteroatoms. The zero-order chi connectivity index (χ0) is 14.0. The number of ether oxygens (including phenoxy) is 1. The summed E-state index contributed by atoms with van der Waals surface area (Å²) in [5.41, 5.74) is 7.07. The van der Waals surface area contributed by atoms with E-state index in [0.29, 0.717) is 25.4 Å². The van der Waals surface area contributed by atoms with E-state index in [1.165, 1.54) is 0 Å². The number of amides is 1. The second kappa shape index (κ2) is 5.66. The van der Waals surface area contributed by atoms with Crippen LogP contribution in [-0.2, 0) is 18.2 Å². The van der Waals surface area contributed by atoms with E-state index >= 15 is 0 Å². The van der Waals surface area contributed by atoms with Crippen LogP contribution >= 0.6 is 12.2 Å². The van der Waals surface area contributed by atoms with Crippen LogP contribution in [0.2, 0.25) is 0 Å². The first kappa shape index (κ1) is 14.0. The number of nitrogens with two attached hydrogens (primary N) is 1. The van der Waals surface area contributed by atoms with Crippen LogP contribution in [0.3, 0.4) is 0 Å². The number of carbonyl (C=O) groups excluding carboxylic acids is 1. The third kappa shape index (κ3) is 2.93. The maximum Gasteiger partial charge on any atom is 0.272 e. The molecular weight excluding hydrogens is 264 g/mol. The summed E-state index contributed by atoms with van der Waals surface area (Å²) in [7, 11) is 1.78. The molecule has 0 aliphatic carbocycles. The van der Waals surface area contributed by atoms with Gasteiger partial charge in [-0.05, 0) is 12.5 Å². The number of aryl methyl sites for hydroxylation is 2. The highest BCUT2D eigenvalue weighted by Crippen LogP contribution is 2.12. The number of nitrogens with zero attached hydrogens (tertiary/aromatic N) is 3. The largest absolute Gasteiger partial charge is 0.391 e. The van der Waals surface area contributed by atoms with Gasteiger partial charge in [-0.1, -0.05) is 19.1 Å². The Kier molecular flexibility index (Phi) is 4.16. The van der Waals surface area contributed by atoms with Crippen molar-refractivity contribution >= 4 is 23.1 Å². The molecule has 1 amide bonds. The molecule has 1 atom stereocenters. The Labute approximate surface area is 117 Å². The Bertz CT molecular complexity index is 500. The molecule has 1 aliphatic rings. The molecule has 0 spiro atoms. The second-order valence-corrected chi connectivity index (χ2v) is 4.98. The van der Waals surface area contributed by atoms with Crippen molar-refractivity contribution in [2.45, 2.75) is 19.4 Å². The fraction of sp³-hybridized carbons (Fsp3) is 0.583. The van der Waals surface area contributed by atoms with Crippen LogP contribution in [0.1, 0.15) is 23.1 Å². The van der Waals surface area contributed by atoms with E-state index < -0.39 is 0 Å². The first-order valence-electron chi connectivity index (χ1n) is 6.26. The van der Waals surface area contributed by atoms with Crippen molar-refractivity contribution in [2.24, 2.45) is 12.8 Å². The number of rotatable bonds is 3. The Balaban J connectivity index is 2.14. The summed E-state index contributed by atoms with van der Waals surface area (Å²) in [5, 5.41) is 4.29. The molecule has 1 unspecified atom stereocenters. The lowest BCUT2D eigenvalue weighted by Gasteiger charge is -2.32. The van der Waals surface area contributed by atoms with E-state index in [-0.39, 0.29) is 17.0 Å². The lowest BCUT2D eigenvalue weighted by Crippen LogP contribution is -2.50. The topological polar surface area (TPSA) is 73.4 Å². The Morgan fingerprint density at radius 2 is 2.42 bits per heavy atom. The predicted molar refractivity (Wildman–Crippen MR) is 75.0 cm³/mol. The molecule has 2 rings (SSSR count). The summed E-state index contributed by atoms with van der Waals surface area (Å²) in [6, 6.07) is 1.83. The lowest BCUT2D eigenvalue weighted by molar-refractivity contribution is 0.00826. The van der Waals surface area contributed by atoms with Crippen LogP contribution < -0.4 is 5.73 Å². The summed E-state index contributed by atoms with van der Waals surface area (Å²) in [6.07, 6.45) is 0.450. The van der Waals surface area contributed by atoms with Gasteiger partial charge in [-0.25, -0.2) is 0 Å². The number of aromatic nitrogens is 2. The van der Waals surface area contributed by atoms with E-state index in [1.807, 2.05) is 13.0 Å². The fourth-order valence-corrected chi connectivity index (χ4v) is 2.21. The van der Waals surface area contributed by atoms with E-state index in [2.05, 4.69) is 5.10 Å². The van der Waals surface area contributed by atoms with Crippen molar-refractivity contribution in [3.63, 3.8) is 0 Å². The third-order valence-corrected chi connectivity index (χ3v) is 3.45. The van der Waals surface area contributed by atoms with Crippen molar-refractivity contribution in [1.82, 2.24) is 14.7 Å². The Hall–Kier alpha value is -1.47. The average molecular weight is 282 g/mol. The second-order valence-electron chi connectivity index (χ2n) is 4.51.